The SMILES string of the molecule is O=C(/C=C/c1ccc([N+](=O)[O-])s1)Nc1cc(C(F)(F)F)cc(C(F)(F)F)c1. The van der Waals surface area contributed by atoms with E-state index >= 15 is 0 Å². The molecule has 1 aromatic heterocycles. The van der Waals surface area contributed by atoms with Crippen molar-refractivity contribution in [1.82, 2.24) is 0 Å². The molecule has 0 aliphatic carbocycles. The number of thiophene rings is 1. The lowest BCUT2D eigenvalue weighted by Crippen LogP contribution is -2.14. The van der Waals surface area contributed by atoms with Crippen LogP contribution in [0, 0.1) is 10.1 Å². The van der Waals surface area contributed by atoms with Gasteiger partial charge in [-0.15, -0.1) is 0 Å². The van der Waals surface area contributed by atoms with E-state index < -0.39 is 40.0 Å². The summed E-state index contributed by atoms with van der Waals surface area (Å²) in [6.45, 7) is 0. The van der Waals surface area contributed by atoms with Gasteiger partial charge < -0.3 is 5.32 Å². The van der Waals surface area contributed by atoms with Crippen LogP contribution in [0.3, 0.4) is 0 Å². The Hall–Kier alpha value is -2.89. The summed E-state index contributed by atoms with van der Waals surface area (Å²) >= 11 is 0.737. The highest BCUT2D eigenvalue weighted by Gasteiger charge is 2.37. The van der Waals surface area contributed by atoms with Crippen molar-refractivity contribution in [3.8, 4) is 0 Å². The molecule has 0 fully saturated rings. The Morgan fingerprint density at radius 2 is 1.59 bits per heavy atom. The van der Waals surface area contributed by atoms with Gasteiger partial charge in [-0.1, -0.05) is 11.3 Å². The monoisotopic (exact) mass is 410 g/mol. The first kappa shape index (κ1) is 20.4. The molecule has 2 aromatic rings. The summed E-state index contributed by atoms with van der Waals surface area (Å²) in [7, 11) is 0. The number of alkyl halides is 6. The molecule has 2 rings (SSSR count). The van der Waals surface area contributed by atoms with Gasteiger partial charge in [0.25, 0.3) is 0 Å². The molecule has 0 atom stereocenters. The van der Waals surface area contributed by atoms with E-state index in [1.165, 1.54) is 12.1 Å². The van der Waals surface area contributed by atoms with Crippen LogP contribution in [0.4, 0.5) is 37.0 Å². The van der Waals surface area contributed by atoms with E-state index in [0.717, 1.165) is 23.5 Å². The number of rotatable bonds is 4. The molecule has 0 radical (unpaired) electrons. The number of amides is 1. The summed E-state index contributed by atoms with van der Waals surface area (Å²) in [6.07, 6.45) is -8.09. The first-order valence-electron chi connectivity index (χ1n) is 6.89. The molecular weight excluding hydrogens is 402 g/mol. The number of nitrogens with one attached hydrogen (secondary N) is 1. The van der Waals surface area contributed by atoms with Gasteiger partial charge in [0.15, 0.2) is 0 Å². The van der Waals surface area contributed by atoms with Crippen molar-refractivity contribution in [2.45, 2.75) is 12.4 Å². The number of anilines is 1. The molecular formula is C15H8F6N2O3S. The van der Waals surface area contributed by atoms with E-state index in [-0.39, 0.29) is 11.1 Å². The van der Waals surface area contributed by atoms with Crippen LogP contribution in [-0.4, -0.2) is 10.8 Å². The third-order valence-corrected chi connectivity index (χ3v) is 4.05. The summed E-state index contributed by atoms with van der Waals surface area (Å²) in [5.41, 5.74) is -3.82. The normalized spacial score (nSPS) is 12.4. The number of carbonyl (C=O) groups excluding carboxylic acids is 1. The van der Waals surface area contributed by atoms with Crippen molar-refractivity contribution in [2.75, 3.05) is 5.32 Å². The quantitative estimate of drug-likeness (QED) is 0.320. The Labute approximate surface area is 151 Å². The Morgan fingerprint density at radius 1 is 1.04 bits per heavy atom. The van der Waals surface area contributed by atoms with Crippen molar-refractivity contribution in [3.05, 3.63) is 62.5 Å². The van der Waals surface area contributed by atoms with Crippen LogP contribution in [0.15, 0.2) is 36.4 Å². The Bertz CT molecular complexity index is 869. The lowest BCUT2D eigenvalue weighted by Gasteiger charge is -2.14. The number of hydrogen-bond donors (Lipinski definition) is 1. The Balaban J connectivity index is 2.23. The van der Waals surface area contributed by atoms with Crippen molar-refractivity contribution < 1.29 is 36.1 Å². The molecule has 1 heterocycles. The first-order chi connectivity index (χ1) is 12.4. The minimum atomic E-state index is -5.04. The first-order valence-corrected chi connectivity index (χ1v) is 7.70. The van der Waals surface area contributed by atoms with Gasteiger partial charge in [-0.05, 0) is 30.3 Å². The predicted molar refractivity (Wildman–Crippen MR) is 85.1 cm³/mol. The molecule has 144 valence electrons. The average molecular weight is 410 g/mol. The van der Waals surface area contributed by atoms with Crippen LogP contribution in [0.25, 0.3) is 6.08 Å². The average Bonchev–Trinajstić information content (AvgIpc) is 3.00. The summed E-state index contributed by atoms with van der Waals surface area (Å²) in [4.78, 5) is 22.0. The van der Waals surface area contributed by atoms with Crippen molar-refractivity contribution in [3.63, 3.8) is 0 Å². The minimum Gasteiger partial charge on any atom is -0.322 e. The number of halogens is 6. The molecule has 5 nitrogen and oxygen atoms in total. The molecule has 12 heteroatoms. The second-order valence-corrected chi connectivity index (χ2v) is 6.14. The van der Waals surface area contributed by atoms with Crippen LogP contribution >= 0.6 is 11.3 Å². The summed E-state index contributed by atoms with van der Waals surface area (Å²) in [5.74, 6) is -1.00. The Kier molecular flexibility index (Phi) is 5.59. The van der Waals surface area contributed by atoms with Gasteiger partial charge in [0.1, 0.15) is 0 Å². The molecule has 0 saturated carbocycles. The van der Waals surface area contributed by atoms with E-state index in [2.05, 4.69) is 0 Å². The van der Waals surface area contributed by atoms with Crippen LogP contribution in [-0.2, 0) is 17.1 Å². The molecule has 1 amide bonds. The van der Waals surface area contributed by atoms with Crippen LogP contribution in [0.2, 0.25) is 0 Å². The Morgan fingerprint density at radius 3 is 2.04 bits per heavy atom. The van der Waals surface area contributed by atoms with Gasteiger partial charge in [0, 0.05) is 22.7 Å². The summed E-state index contributed by atoms with van der Waals surface area (Å²) < 4.78 is 76.6. The molecule has 0 unspecified atom stereocenters. The highest BCUT2D eigenvalue weighted by molar-refractivity contribution is 7.16. The van der Waals surface area contributed by atoms with Crippen molar-refractivity contribution >= 4 is 34.0 Å². The smallest absolute Gasteiger partial charge is 0.322 e. The fourth-order valence-electron chi connectivity index (χ4n) is 1.90. The maximum absolute atomic E-state index is 12.8. The van der Waals surface area contributed by atoms with Crippen molar-refractivity contribution in [1.29, 1.82) is 0 Å². The number of nitro groups is 1. The number of hydrogen-bond acceptors (Lipinski definition) is 4. The third-order valence-electron chi connectivity index (χ3n) is 3.05. The molecule has 0 aliphatic rings. The number of carbonyl (C=O) groups is 1. The number of benzene rings is 1. The van der Waals surface area contributed by atoms with Gasteiger partial charge in [-0.3, -0.25) is 14.9 Å². The highest BCUT2D eigenvalue weighted by Crippen LogP contribution is 2.37. The highest BCUT2D eigenvalue weighted by atomic mass is 32.1. The van der Waals surface area contributed by atoms with Crippen LogP contribution in [0.1, 0.15) is 16.0 Å². The molecule has 1 aromatic carbocycles. The van der Waals surface area contributed by atoms with E-state index in [1.54, 1.807) is 0 Å². The maximum atomic E-state index is 12.8. The van der Waals surface area contributed by atoms with E-state index in [4.69, 9.17) is 0 Å². The minimum absolute atomic E-state index is 0.0592. The molecule has 27 heavy (non-hydrogen) atoms. The van der Waals surface area contributed by atoms with Gasteiger partial charge in [0.2, 0.25) is 5.91 Å². The molecule has 0 bridgehead atoms. The molecule has 0 spiro atoms. The molecule has 0 saturated heterocycles. The fourth-order valence-corrected chi connectivity index (χ4v) is 2.62. The third kappa shape index (κ3) is 5.54. The standard InChI is InChI=1S/C15H8F6N2O3S/c16-14(17,18)8-5-9(15(19,20)21)7-10(6-8)22-12(24)3-1-11-2-4-13(27-11)23(25)26/h1-7H,(H,22,24)/b3-1+. The van der Waals surface area contributed by atoms with Gasteiger partial charge >= 0.3 is 17.4 Å². The predicted octanol–water partition coefficient (Wildman–Crippen LogP) is 5.35. The second-order valence-electron chi connectivity index (χ2n) is 5.05. The van der Waals surface area contributed by atoms with Crippen LogP contribution < -0.4 is 5.32 Å². The van der Waals surface area contributed by atoms with Gasteiger partial charge in [-0.2, -0.15) is 26.3 Å². The van der Waals surface area contributed by atoms with E-state index in [0.29, 0.717) is 17.0 Å². The van der Waals surface area contributed by atoms with Gasteiger partial charge in [-0.25, -0.2) is 0 Å². The topological polar surface area (TPSA) is 72.2 Å². The zero-order valence-corrected chi connectivity index (χ0v) is 13.7. The van der Waals surface area contributed by atoms with Crippen molar-refractivity contribution in [2.24, 2.45) is 0 Å². The zero-order valence-electron chi connectivity index (χ0n) is 12.9. The molecule has 1 N–H and O–H groups in total. The summed E-state index contributed by atoms with van der Waals surface area (Å²) in [5, 5.41) is 12.3. The lowest BCUT2D eigenvalue weighted by molar-refractivity contribution is -0.380. The zero-order chi connectivity index (χ0) is 20.4. The number of nitrogens with zero attached hydrogens (tertiary/aromatic N) is 1. The van der Waals surface area contributed by atoms with Gasteiger partial charge in [0.05, 0.1) is 16.1 Å². The largest absolute Gasteiger partial charge is 0.416 e. The van der Waals surface area contributed by atoms with E-state index in [1.807, 2.05) is 5.32 Å². The van der Waals surface area contributed by atoms with Crippen LogP contribution in [0.5, 0.6) is 0 Å². The lowest BCUT2D eigenvalue weighted by atomic mass is 10.1. The second kappa shape index (κ2) is 7.39. The maximum Gasteiger partial charge on any atom is 0.416 e. The fraction of sp³-hybridized carbons (Fsp3) is 0.133. The van der Waals surface area contributed by atoms with E-state index in [9.17, 15) is 41.3 Å². The molecule has 0 aliphatic heterocycles. The summed E-state index contributed by atoms with van der Waals surface area (Å²) in [6, 6.07) is 3.20.